The largest absolute Gasteiger partial charge is 0.309 e. The Labute approximate surface area is 718 Å². The Balaban J connectivity index is 0.000000101. The van der Waals surface area contributed by atoms with Crippen LogP contribution in [-0.4, -0.2) is 4.57 Å². The van der Waals surface area contributed by atoms with E-state index in [2.05, 4.69) is 490 Å². The van der Waals surface area contributed by atoms with E-state index in [4.69, 9.17) is 0 Å². The van der Waals surface area contributed by atoms with E-state index in [1.165, 1.54) is 150 Å². The zero-order chi connectivity index (χ0) is 77.9. The van der Waals surface area contributed by atoms with Crippen LogP contribution in [0.1, 0.15) is 69.5 Å². The molecule has 550 valence electrons. The van der Waals surface area contributed by atoms with Crippen molar-refractivity contribution in [2.24, 2.45) is 0 Å². The molecule has 0 saturated heterocycles. The standard InChI is InChI=1S/C25H15Br.C25H17Br.C18H12BrN.C15H13Br.2C12H9Br/c26-16-13-14-20-19-9-3-6-12-23(19)25(24(20)15-16)21-10-4-1-7-17(21)18-8-2-5-11-22(18)25;26-20-15-16-22-21-13-7-8-14-23(21)25(24(22)17-20,18-9-3-1-4-10-18)19-11-5-2-6-12-19;19-13-10-11-18-16(12-13)15-8-4-5-9-17(15)20(18)14-6-2-1-3-7-14;1-15(2)13-6-4-3-5-11(13)12-8-7-10(16)9-14(12)15;13-12-9-5-4-8-11(12)10-6-2-1-3-7-10;13-12-8-4-7-11(9-12)10-5-2-1-3-6-10/h1-15H;1-17H;1-12H;3-9H,1-2H3;2*1-9H. The van der Waals surface area contributed by atoms with Crippen LogP contribution in [0.2, 0.25) is 0 Å². The molecule has 17 aromatic carbocycles. The maximum Gasteiger partial charge on any atom is 0.0725 e. The first-order chi connectivity index (χ1) is 55.8. The Morgan fingerprint density at radius 1 is 0.202 bits per heavy atom. The maximum atomic E-state index is 3.72. The number of fused-ring (bicyclic) bond motifs is 19. The number of aromatic nitrogens is 1. The monoisotopic (exact) mass is 1850 g/mol. The van der Waals surface area contributed by atoms with Crippen LogP contribution >= 0.6 is 95.6 Å². The quantitative estimate of drug-likeness (QED) is 0.162. The van der Waals surface area contributed by atoms with Gasteiger partial charge in [0, 0.05) is 48.7 Å². The van der Waals surface area contributed by atoms with Gasteiger partial charge in [0.15, 0.2) is 0 Å². The maximum absolute atomic E-state index is 3.72. The molecule has 1 aromatic heterocycles. The van der Waals surface area contributed by atoms with Gasteiger partial charge in [-0.1, -0.05) is 437 Å². The van der Waals surface area contributed by atoms with Crippen molar-refractivity contribution in [2.45, 2.75) is 30.1 Å². The summed E-state index contributed by atoms with van der Waals surface area (Å²) in [5.41, 5.74) is 32.8. The van der Waals surface area contributed by atoms with Gasteiger partial charge in [-0.25, -0.2) is 0 Å². The van der Waals surface area contributed by atoms with Gasteiger partial charge < -0.3 is 4.57 Å². The second-order valence-corrected chi connectivity index (χ2v) is 34.7. The minimum absolute atomic E-state index is 0.121. The summed E-state index contributed by atoms with van der Waals surface area (Å²) in [6, 6.07) is 149. The summed E-state index contributed by atoms with van der Waals surface area (Å²) < 4.78 is 9.09. The van der Waals surface area contributed by atoms with Gasteiger partial charge in [-0.15, -0.1) is 0 Å². The van der Waals surface area contributed by atoms with Crippen LogP contribution in [0.4, 0.5) is 0 Å². The molecule has 4 aliphatic rings. The number of hydrogen-bond acceptors (Lipinski definition) is 0. The van der Waals surface area contributed by atoms with Gasteiger partial charge >= 0.3 is 0 Å². The minimum atomic E-state index is -0.293. The highest BCUT2D eigenvalue weighted by Crippen LogP contribution is 2.63. The third-order valence-electron chi connectivity index (χ3n) is 22.5. The lowest BCUT2D eigenvalue weighted by Gasteiger charge is -2.33. The number of rotatable bonds is 5. The fourth-order valence-corrected chi connectivity index (χ4v) is 19.9. The van der Waals surface area contributed by atoms with E-state index in [0.717, 1.165) is 26.8 Å². The number of halogens is 6. The summed E-state index contributed by atoms with van der Waals surface area (Å²) >= 11 is 21.6. The topological polar surface area (TPSA) is 4.93 Å². The van der Waals surface area contributed by atoms with Crippen LogP contribution in [-0.2, 0) is 16.2 Å². The molecule has 4 aliphatic carbocycles. The van der Waals surface area contributed by atoms with Crippen LogP contribution in [0.25, 0.3) is 94.3 Å². The van der Waals surface area contributed by atoms with Gasteiger partial charge in [0.25, 0.3) is 0 Å². The zero-order valence-electron chi connectivity index (χ0n) is 62.6. The summed E-state index contributed by atoms with van der Waals surface area (Å²) in [4.78, 5) is 0. The van der Waals surface area contributed by atoms with Crippen LogP contribution < -0.4 is 0 Å². The number of benzene rings is 17. The molecular formula is C107H75Br6N. The van der Waals surface area contributed by atoms with E-state index >= 15 is 0 Å². The Morgan fingerprint density at radius 3 is 1.04 bits per heavy atom. The summed E-state index contributed by atoms with van der Waals surface area (Å²) in [6.45, 7) is 4.59. The minimum Gasteiger partial charge on any atom is -0.309 e. The molecule has 18 aromatic rings. The first-order valence-electron chi connectivity index (χ1n) is 38.2. The fraction of sp³-hybridized carbons (Fsp3) is 0.0467. The predicted octanol–water partition coefficient (Wildman–Crippen LogP) is 32.1. The lowest BCUT2D eigenvalue weighted by molar-refractivity contribution is 0.660. The fourth-order valence-electron chi connectivity index (χ4n) is 17.6. The van der Waals surface area contributed by atoms with Crippen molar-refractivity contribution in [1.29, 1.82) is 0 Å². The Morgan fingerprint density at radius 2 is 0.535 bits per heavy atom. The van der Waals surface area contributed by atoms with Crippen LogP contribution in [0.15, 0.2) is 445 Å². The molecule has 0 amide bonds. The van der Waals surface area contributed by atoms with Crippen molar-refractivity contribution < 1.29 is 0 Å². The van der Waals surface area contributed by atoms with Gasteiger partial charge in [-0.3, -0.25) is 0 Å². The van der Waals surface area contributed by atoms with Gasteiger partial charge in [0.1, 0.15) is 0 Å². The average Bonchev–Trinajstić information content (AvgIpc) is 1.51. The molecule has 22 rings (SSSR count). The molecule has 0 unspecified atom stereocenters. The first-order valence-corrected chi connectivity index (χ1v) is 42.9. The van der Waals surface area contributed by atoms with E-state index in [1.807, 2.05) is 42.5 Å². The third kappa shape index (κ3) is 14.2. The molecule has 0 atom stereocenters. The summed E-state index contributed by atoms with van der Waals surface area (Å²) in [7, 11) is 0. The highest BCUT2D eigenvalue weighted by atomic mass is 79.9. The van der Waals surface area contributed by atoms with Crippen LogP contribution in [0.5, 0.6) is 0 Å². The summed E-state index contributed by atoms with van der Waals surface area (Å²) in [5, 5.41) is 2.56. The van der Waals surface area contributed by atoms with E-state index in [-0.39, 0.29) is 16.2 Å². The molecule has 0 N–H and O–H groups in total. The molecule has 1 spiro atoms. The van der Waals surface area contributed by atoms with Crippen molar-refractivity contribution in [3.05, 3.63) is 501 Å². The normalized spacial score (nSPS) is 12.9. The second kappa shape index (κ2) is 33.1. The highest BCUT2D eigenvalue weighted by Gasteiger charge is 2.52. The third-order valence-corrected chi connectivity index (χ3v) is 25.6. The van der Waals surface area contributed by atoms with Gasteiger partial charge in [0.05, 0.1) is 21.9 Å². The zero-order valence-corrected chi connectivity index (χ0v) is 72.1. The Kier molecular flexibility index (Phi) is 22.1. The average molecular weight is 1850 g/mol. The van der Waals surface area contributed by atoms with Gasteiger partial charge in [-0.2, -0.15) is 0 Å². The molecule has 7 heteroatoms. The predicted molar refractivity (Wildman–Crippen MR) is 501 cm³/mol. The van der Waals surface area contributed by atoms with Crippen LogP contribution in [0, 0.1) is 0 Å². The van der Waals surface area contributed by atoms with Crippen molar-refractivity contribution in [3.8, 4) is 72.4 Å². The number of nitrogens with zero attached hydrogens (tertiary/aromatic N) is 1. The summed E-state index contributed by atoms with van der Waals surface area (Å²) in [6.07, 6.45) is 0. The molecular weight excluding hydrogens is 1780 g/mol. The van der Waals surface area contributed by atoms with Crippen molar-refractivity contribution >= 4 is 117 Å². The Bertz CT molecular complexity index is 6330. The second-order valence-electron chi connectivity index (χ2n) is 29.2. The van der Waals surface area contributed by atoms with E-state index < -0.39 is 0 Å². The smallest absolute Gasteiger partial charge is 0.0725 e. The molecule has 0 aliphatic heterocycles. The van der Waals surface area contributed by atoms with Crippen LogP contribution in [0.3, 0.4) is 0 Å². The lowest BCUT2D eigenvalue weighted by atomic mass is 9.68. The highest BCUT2D eigenvalue weighted by molar-refractivity contribution is 9.11. The van der Waals surface area contributed by atoms with E-state index in [9.17, 15) is 0 Å². The van der Waals surface area contributed by atoms with Crippen molar-refractivity contribution in [1.82, 2.24) is 4.57 Å². The van der Waals surface area contributed by atoms with Gasteiger partial charge in [0.2, 0.25) is 0 Å². The van der Waals surface area contributed by atoms with E-state index in [1.54, 1.807) is 0 Å². The molecule has 1 heterocycles. The van der Waals surface area contributed by atoms with E-state index in [0.29, 0.717) is 0 Å². The molecule has 1 nitrogen and oxygen atoms in total. The molecule has 114 heavy (non-hydrogen) atoms. The van der Waals surface area contributed by atoms with Crippen molar-refractivity contribution in [3.63, 3.8) is 0 Å². The lowest BCUT2D eigenvalue weighted by Crippen LogP contribution is -2.28. The summed E-state index contributed by atoms with van der Waals surface area (Å²) in [5.74, 6) is 0. The Hall–Kier alpha value is -10.6. The molecule has 0 saturated carbocycles. The van der Waals surface area contributed by atoms with Gasteiger partial charge in [-0.05, 0) is 213 Å². The van der Waals surface area contributed by atoms with Crippen molar-refractivity contribution in [2.75, 3.05) is 0 Å². The number of para-hydroxylation sites is 2. The number of hydrogen-bond donors (Lipinski definition) is 0. The molecule has 0 bridgehead atoms. The SMILES string of the molecule is Brc1ccc2c(c1)C(c1ccccc1)(c1ccccc1)c1ccccc1-2.Brc1ccc2c(c1)C1(c3ccccc3-c3ccccc31)c1ccccc1-2.Brc1ccc2c(c1)c1ccccc1n2-c1ccccc1.Brc1cccc(-c2ccccc2)c1.Brc1ccccc1-c1ccccc1.CC1(C)c2ccccc2-c2ccc(Br)cc21. The molecule has 0 radical (unpaired) electrons. The molecule has 0 fully saturated rings. The first kappa shape index (κ1) is 76.1.